The van der Waals surface area contributed by atoms with Crippen molar-refractivity contribution in [3.05, 3.63) is 0 Å². The SMILES string of the molecule is CC(CNC(=O)C1CCCCC1CN)S(C)=O. The predicted molar refractivity (Wildman–Crippen MR) is 71.0 cm³/mol. The van der Waals surface area contributed by atoms with Crippen molar-refractivity contribution >= 4 is 16.7 Å². The van der Waals surface area contributed by atoms with Gasteiger partial charge in [-0.25, -0.2) is 0 Å². The van der Waals surface area contributed by atoms with E-state index in [-0.39, 0.29) is 17.1 Å². The van der Waals surface area contributed by atoms with Gasteiger partial charge in [-0.1, -0.05) is 12.8 Å². The van der Waals surface area contributed by atoms with Crippen LogP contribution in [-0.4, -0.2) is 34.7 Å². The van der Waals surface area contributed by atoms with Crippen molar-refractivity contribution in [2.45, 2.75) is 37.9 Å². The molecule has 100 valence electrons. The third-order valence-electron chi connectivity index (χ3n) is 3.68. The fourth-order valence-electron chi connectivity index (χ4n) is 2.33. The van der Waals surface area contributed by atoms with Gasteiger partial charge in [0.25, 0.3) is 0 Å². The lowest BCUT2D eigenvalue weighted by atomic mass is 9.79. The van der Waals surface area contributed by atoms with Gasteiger partial charge in [0, 0.05) is 34.8 Å². The summed E-state index contributed by atoms with van der Waals surface area (Å²) in [5.41, 5.74) is 5.71. The summed E-state index contributed by atoms with van der Waals surface area (Å²) in [4.78, 5) is 12.0. The monoisotopic (exact) mass is 260 g/mol. The van der Waals surface area contributed by atoms with E-state index in [9.17, 15) is 9.00 Å². The summed E-state index contributed by atoms with van der Waals surface area (Å²) < 4.78 is 11.2. The van der Waals surface area contributed by atoms with Gasteiger partial charge in [0.15, 0.2) is 0 Å². The molecule has 0 heterocycles. The van der Waals surface area contributed by atoms with E-state index in [1.54, 1.807) is 6.26 Å². The van der Waals surface area contributed by atoms with Crippen LogP contribution in [0.5, 0.6) is 0 Å². The van der Waals surface area contributed by atoms with Crippen LogP contribution in [0.2, 0.25) is 0 Å². The van der Waals surface area contributed by atoms with Crippen LogP contribution < -0.4 is 11.1 Å². The molecule has 17 heavy (non-hydrogen) atoms. The quantitative estimate of drug-likeness (QED) is 0.762. The Morgan fingerprint density at radius 2 is 2.12 bits per heavy atom. The minimum atomic E-state index is -0.882. The third-order valence-corrected chi connectivity index (χ3v) is 4.98. The molecular formula is C12H24N2O2S. The van der Waals surface area contributed by atoms with Crippen molar-refractivity contribution in [1.29, 1.82) is 0 Å². The Balaban J connectivity index is 2.42. The van der Waals surface area contributed by atoms with E-state index in [0.29, 0.717) is 19.0 Å². The molecule has 1 saturated carbocycles. The zero-order valence-electron chi connectivity index (χ0n) is 10.8. The average Bonchev–Trinajstić information content (AvgIpc) is 2.35. The highest BCUT2D eigenvalue weighted by molar-refractivity contribution is 7.84. The lowest BCUT2D eigenvalue weighted by Crippen LogP contribution is -2.42. The number of nitrogens with one attached hydrogen (secondary N) is 1. The van der Waals surface area contributed by atoms with Crippen LogP contribution in [0.15, 0.2) is 0 Å². The summed E-state index contributed by atoms with van der Waals surface area (Å²) in [6.07, 6.45) is 5.96. The molecule has 4 atom stereocenters. The van der Waals surface area contributed by atoms with Crippen LogP contribution in [0.25, 0.3) is 0 Å². The van der Waals surface area contributed by atoms with E-state index in [2.05, 4.69) is 5.32 Å². The van der Waals surface area contributed by atoms with Gasteiger partial charge in [0.05, 0.1) is 0 Å². The van der Waals surface area contributed by atoms with Crippen LogP contribution in [0, 0.1) is 11.8 Å². The minimum absolute atomic E-state index is 0.0128. The molecule has 1 fully saturated rings. The summed E-state index contributed by atoms with van der Waals surface area (Å²) in [7, 11) is -0.882. The number of rotatable bonds is 5. The minimum Gasteiger partial charge on any atom is -0.355 e. The summed E-state index contributed by atoms with van der Waals surface area (Å²) in [5, 5.41) is 2.92. The zero-order chi connectivity index (χ0) is 12.8. The highest BCUT2D eigenvalue weighted by Gasteiger charge is 2.29. The van der Waals surface area contributed by atoms with Crippen molar-refractivity contribution in [2.24, 2.45) is 17.6 Å². The van der Waals surface area contributed by atoms with Gasteiger partial charge in [-0.2, -0.15) is 0 Å². The van der Waals surface area contributed by atoms with Crippen molar-refractivity contribution in [3.8, 4) is 0 Å². The number of amides is 1. The molecule has 1 aliphatic rings. The van der Waals surface area contributed by atoms with E-state index in [4.69, 9.17) is 5.73 Å². The topological polar surface area (TPSA) is 72.2 Å². The van der Waals surface area contributed by atoms with Gasteiger partial charge in [-0.05, 0) is 32.2 Å². The van der Waals surface area contributed by atoms with Crippen LogP contribution >= 0.6 is 0 Å². The van der Waals surface area contributed by atoms with E-state index in [1.165, 1.54) is 6.42 Å². The first-order valence-corrected chi connectivity index (χ1v) is 7.98. The van der Waals surface area contributed by atoms with Crippen LogP contribution in [-0.2, 0) is 15.6 Å². The maximum Gasteiger partial charge on any atom is 0.223 e. The van der Waals surface area contributed by atoms with Gasteiger partial charge in [-0.3, -0.25) is 9.00 Å². The summed E-state index contributed by atoms with van der Waals surface area (Å²) in [6, 6.07) is 0. The lowest BCUT2D eigenvalue weighted by Gasteiger charge is -2.29. The van der Waals surface area contributed by atoms with Crippen LogP contribution in [0.1, 0.15) is 32.6 Å². The number of carbonyl (C=O) groups is 1. The number of hydrogen-bond donors (Lipinski definition) is 2. The van der Waals surface area contributed by atoms with Crippen LogP contribution in [0.4, 0.5) is 0 Å². The van der Waals surface area contributed by atoms with Crippen LogP contribution in [0.3, 0.4) is 0 Å². The van der Waals surface area contributed by atoms with Gasteiger partial charge >= 0.3 is 0 Å². The Bertz CT molecular complexity index is 284. The van der Waals surface area contributed by atoms with E-state index in [1.807, 2.05) is 6.92 Å². The Hall–Kier alpha value is -0.420. The zero-order valence-corrected chi connectivity index (χ0v) is 11.6. The number of nitrogens with two attached hydrogens (primary N) is 1. The molecule has 5 heteroatoms. The molecule has 1 aliphatic carbocycles. The van der Waals surface area contributed by atoms with Gasteiger partial charge in [-0.15, -0.1) is 0 Å². The first-order valence-electron chi connectivity index (χ1n) is 6.36. The maximum absolute atomic E-state index is 12.0. The van der Waals surface area contributed by atoms with E-state index >= 15 is 0 Å². The molecular weight excluding hydrogens is 236 g/mol. The molecule has 0 aromatic rings. The Morgan fingerprint density at radius 1 is 1.47 bits per heavy atom. The molecule has 1 rings (SSSR count). The molecule has 0 spiro atoms. The number of carbonyl (C=O) groups excluding carboxylic acids is 1. The van der Waals surface area contributed by atoms with E-state index in [0.717, 1.165) is 19.3 Å². The number of hydrogen-bond acceptors (Lipinski definition) is 3. The van der Waals surface area contributed by atoms with Crippen molar-refractivity contribution in [1.82, 2.24) is 5.32 Å². The van der Waals surface area contributed by atoms with E-state index < -0.39 is 10.8 Å². The highest BCUT2D eigenvalue weighted by atomic mass is 32.2. The molecule has 0 aromatic heterocycles. The third kappa shape index (κ3) is 4.39. The second-order valence-corrected chi connectivity index (χ2v) is 6.74. The molecule has 0 bridgehead atoms. The summed E-state index contributed by atoms with van der Waals surface area (Å²) in [5.74, 6) is 0.481. The molecule has 0 saturated heterocycles. The van der Waals surface area contributed by atoms with Gasteiger partial charge in [0.2, 0.25) is 5.91 Å². The Labute approximate surface area is 106 Å². The van der Waals surface area contributed by atoms with Gasteiger partial charge < -0.3 is 11.1 Å². The fourth-order valence-corrected chi connectivity index (χ4v) is 2.65. The normalized spacial score (nSPS) is 28.4. The van der Waals surface area contributed by atoms with Crippen molar-refractivity contribution in [3.63, 3.8) is 0 Å². The first kappa shape index (κ1) is 14.6. The second-order valence-electron chi connectivity index (χ2n) is 4.94. The Morgan fingerprint density at radius 3 is 2.71 bits per heavy atom. The standard InChI is InChI=1S/C12H24N2O2S/c1-9(17(2)16)8-14-12(15)11-6-4-3-5-10(11)7-13/h9-11H,3-8,13H2,1-2H3,(H,14,15). The largest absolute Gasteiger partial charge is 0.355 e. The summed E-state index contributed by atoms with van der Waals surface area (Å²) in [6.45, 7) is 2.97. The molecule has 0 radical (unpaired) electrons. The second kappa shape index (κ2) is 7.11. The highest BCUT2D eigenvalue weighted by Crippen LogP contribution is 2.29. The fraction of sp³-hybridized carbons (Fsp3) is 0.917. The van der Waals surface area contributed by atoms with Crippen molar-refractivity contribution < 1.29 is 9.00 Å². The smallest absolute Gasteiger partial charge is 0.223 e. The molecule has 1 amide bonds. The maximum atomic E-state index is 12.0. The predicted octanol–water partition coefficient (Wildman–Crippen LogP) is 0.635. The van der Waals surface area contributed by atoms with Gasteiger partial charge in [0.1, 0.15) is 0 Å². The molecule has 3 N–H and O–H groups in total. The van der Waals surface area contributed by atoms with Crippen molar-refractivity contribution in [2.75, 3.05) is 19.3 Å². The summed E-state index contributed by atoms with van der Waals surface area (Å²) >= 11 is 0. The lowest BCUT2D eigenvalue weighted by molar-refractivity contribution is -0.127. The molecule has 4 nitrogen and oxygen atoms in total. The first-order chi connectivity index (χ1) is 8.06. The molecule has 4 unspecified atom stereocenters. The molecule has 0 aliphatic heterocycles. The Kier molecular flexibility index (Phi) is 6.12. The average molecular weight is 260 g/mol. The molecule has 0 aromatic carbocycles.